The average Bonchev–Trinajstić information content (AvgIpc) is 2.79. The third-order valence-corrected chi connectivity index (χ3v) is 4.30. The maximum Gasteiger partial charge on any atom is 0.221 e. The molecule has 1 aliphatic carbocycles. The Morgan fingerprint density at radius 2 is 2.47 bits per heavy atom. The maximum atomic E-state index is 11.3. The molecule has 3 nitrogen and oxygen atoms in total. The van der Waals surface area contributed by atoms with Gasteiger partial charge in [0.1, 0.15) is 0 Å². The molecule has 2 N–H and O–H groups in total. The molecule has 0 saturated carbocycles. The van der Waals surface area contributed by atoms with Crippen LogP contribution in [0.25, 0.3) is 0 Å². The number of aryl methyl sites for hydroxylation is 1. The molecule has 0 fully saturated rings. The van der Waals surface area contributed by atoms with E-state index in [1.807, 2.05) is 6.92 Å². The van der Waals surface area contributed by atoms with Crippen molar-refractivity contribution in [1.82, 2.24) is 10.6 Å². The number of amides is 1. The zero-order valence-electron chi connectivity index (χ0n) is 9.88. The Balaban J connectivity index is 1.79. The molecule has 1 unspecified atom stereocenters. The van der Waals surface area contributed by atoms with Gasteiger partial charge in [-0.2, -0.15) is 0 Å². The highest BCUT2D eigenvalue weighted by molar-refractivity contribution is 7.16. The molecule has 0 aliphatic heterocycles. The van der Waals surface area contributed by atoms with Crippen molar-refractivity contribution in [3.8, 4) is 0 Å². The molecule has 5 heteroatoms. The van der Waals surface area contributed by atoms with Crippen LogP contribution in [0.5, 0.6) is 0 Å². The van der Waals surface area contributed by atoms with E-state index in [0.29, 0.717) is 19.0 Å². The van der Waals surface area contributed by atoms with Gasteiger partial charge in [0.25, 0.3) is 0 Å². The van der Waals surface area contributed by atoms with Crippen molar-refractivity contribution in [2.75, 3.05) is 13.1 Å². The van der Waals surface area contributed by atoms with E-state index in [4.69, 9.17) is 11.6 Å². The van der Waals surface area contributed by atoms with Crippen LogP contribution in [-0.4, -0.2) is 19.0 Å². The highest BCUT2D eigenvalue weighted by Crippen LogP contribution is 2.39. The second-order valence-electron chi connectivity index (χ2n) is 4.18. The predicted octanol–water partition coefficient (Wildman–Crippen LogP) is 2.50. The van der Waals surface area contributed by atoms with Crippen molar-refractivity contribution in [2.45, 2.75) is 32.2 Å². The van der Waals surface area contributed by atoms with Gasteiger partial charge in [0, 0.05) is 30.4 Å². The second kappa shape index (κ2) is 5.85. The summed E-state index contributed by atoms with van der Waals surface area (Å²) in [7, 11) is 0. The minimum atomic E-state index is 0.113. The third-order valence-electron chi connectivity index (χ3n) is 2.96. The first-order chi connectivity index (χ1) is 8.20. The molecule has 0 radical (unpaired) electrons. The van der Waals surface area contributed by atoms with Crippen molar-refractivity contribution in [3.05, 3.63) is 20.8 Å². The van der Waals surface area contributed by atoms with Gasteiger partial charge >= 0.3 is 0 Å². The smallest absolute Gasteiger partial charge is 0.221 e. The summed E-state index contributed by atoms with van der Waals surface area (Å²) in [5, 5.41) is 6.22. The highest BCUT2D eigenvalue weighted by atomic mass is 35.5. The van der Waals surface area contributed by atoms with E-state index in [2.05, 4.69) is 16.7 Å². The van der Waals surface area contributed by atoms with Gasteiger partial charge in [0.15, 0.2) is 0 Å². The van der Waals surface area contributed by atoms with E-state index in [9.17, 15) is 4.79 Å². The minimum absolute atomic E-state index is 0.113. The quantitative estimate of drug-likeness (QED) is 0.865. The van der Waals surface area contributed by atoms with E-state index in [1.165, 1.54) is 10.4 Å². The van der Waals surface area contributed by atoms with Crippen LogP contribution >= 0.6 is 22.9 Å². The van der Waals surface area contributed by atoms with Crippen molar-refractivity contribution in [3.63, 3.8) is 0 Å². The summed E-state index contributed by atoms with van der Waals surface area (Å²) in [4.78, 5) is 12.7. The Bertz CT molecular complexity index is 405. The van der Waals surface area contributed by atoms with Gasteiger partial charge < -0.3 is 10.6 Å². The van der Waals surface area contributed by atoms with Crippen LogP contribution in [0.3, 0.4) is 0 Å². The van der Waals surface area contributed by atoms with Crippen molar-refractivity contribution >= 4 is 28.8 Å². The van der Waals surface area contributed by atoms with E-state index < -0.39 is 0 Å². The fraction of sp³-hybridized carbons (Fsp3) is 0.583. The van der Waals surface area contributed by atoms with Gasteiger partial charge in [-0.05, 0) is 31.4 Å². The van der Waals surface area contributed by atoms with Crippen LogP contribution in [0.1, 0.15) is 36.2 Å². The summed E-state index contributed by atoms with van der Waals surface area (Å²) < 4.78 is 0.866. The highest BCUT2D eigenvalue weighted by Gasteiger charge is 2.24. The van der Waals surface area contributed by atoms with Crippen LogP contribution < -0.4 is 10.6 Å². The molecule has 1 atom stereocenters. The Morgan fingerprint density at radius 1 is 1.65 bits per heavy atom. The van der Waals surface area contributed by atoms with E-state index in [1.54, 1.807) is 11.3 Å². The number of rotatable bonds is 5. The van der Waals surface area contributed by atoms with Crippen LogP contribution in [0.15, 0.2) is 6.07 Å². The molecule has 1 amide bonds. The third kappa shape index (κ3) is 3.21. The fourth-order valence-electron chi connectivity index (χ4n) is 2.19. The number of carbonyl (C=O) groups excluding carboxylic acids is 1. The summed E-state index contributed by atoms with van der Waals surface area (Å²) in [6.07, 6.45) is 2.76. The molecule has 0 aromatic carbocycles. The van der Waals surface area contributed by atoms with Gasteiger partial charge in [0.2, 0.25) is 5.91 Å². The molecule has 0 bridgehead atoms. The van der Waals surface area contributed by atoms with Gasteiger partial charge in [-0.1, -0.05) is 11.6 Å². The van der Waals surface area contributed by atoms with Gasteiger partial charge in [-0.25, -0.2) is 0 Å². The molecule has 94 valence electrons. The van der Waals surface area contributed by atoms with Crippen LogP contribution in [0.2, 0.25) is 4.34 Å². The molecule has 1 aromatic rings. The molecule has 1 heterocycles. The number of hydrogen-bond acceptors (Lipinski definition) is 3. The lowest BCUT2D eigenvalue weighted by atomic mass is 10.2. The molecule has 0 spiro atoms. The first kappa shape index (κ1) is 12.9. The molecule has 17 heavy (non-hydrogen) atoms. The Morgan fingerprint density at radius 3 is 3.24 bits per heavy atom. The van der Waals surface area contributed by atoms with Gasteiger partial charge in [-0.15, -0.1) is 11.3 Å². The first-order valence-corrected chi connectivity index (χ1v) is 7.18. The minimum Gasteiger partial charge on any atom is -0.356 e. The average molecular weight is 273 g/mol. The largest absolute Gasteiger partial charge is 0.356 e. The number of fused-ring (bicyclic) bond motifs is 1. The zero-order valence-corrected chi connectivity index (χ0v) is 11.5. The van der Waals surface area contributed by atoms with E-state index in [0.717, 1.165) is 23.7 Å². The standard InChI is InChI=1S/C12H17ClN2OS/c1-2-14-12(16)5-6-15-9-3-4-10-8(9)7-11(13)17-10/h7,9,15H,2-6H2,1H3,(H,14,16). The Labute approximate surface area is 111 Å². The number of carbonyl (C=O) groups is 1. The van der Waals surface area contributed by atoms with Gasteiger partial charge in [0.05, 0.1) is 4.34 Å². The first-order valence-electron chi connectivity index (χ1n) is 5.99. The van der Waals surface area contributed by atoms with Crippen LogP contribution in [0.4, 0.5) is 0 Å². The Kier molecular flexibility index (Phi) is 4.42. The number of nitrogens with one attached hydrogen (secondary N) is 2. The Hall–Kier alpha value is -0.580. The van der Waals surface area contributed by atoms with E-state index in [-0.39, 0.29) is 5.91 Å². The summed E-state index contributed by atoms with van der Waals surface area (Å²) in [6.45, 7) is 3.36. The van der Waals surface area contributed by atoms with Crippen molar-refractivity contribution in [1.29, 1.82) is 0 Å². The maximum absolute atomic E-state index is 11.3. The van der Waals surface area contributed by atoms with Crippen LogP contribution in [0, 0.1) is 0 Å². The van der Waals surface area contributed by atoms with Crippen LogP contribution in [-0.2, 0) is 11.2 Å². The topological polar surface area (TPSA) is 41.1 Å². The predicted molar refractivity (Wildman–Crippen MR) is 71.7 cm³/mol. The van der Waals surface area contributed by atoms with Crippen molar-refractivity contribution < 1.29 is 4.79 Å². The monoisotopic (exact) mass is 272 g/mol. The molecular weight excluding hydrogens is 256 g/mol. The second-order valence-corrected chi connectivity index (χ2v) is 5.95. The summed E-state index contributed by atoms with van der Waals surface area (Å²) in [6, 6.07) is 2.43. The lowest BCUT2D eigenvalue weighted by Gasteiger charge is -2.12. The van der Waals surface area contributed by atoms with E-state index >= 15 is 0 Å². The zero-order chi connectivity index (χ0) is 12.3. The summed E-state index contributed by atoms with van der Waals surface area (Å²) in [5.41, 5.74) is 1.33. The molecule has 1 aromatic heterocycles. The number of thiophene rings is 1. The lowest BCUT2D eigenvalue weighted by Crippen LogP contribution is -2.28. The molecule has 2 rings (SSSR count). The van der Waals surface area contributed by atoms with Crippen molar-refractivity contribution in [2.24, 2.45) is 0 Å². The number of hydrogen-bond donors (Lipinski definition) is 2. The fourth-order valence-corrected chi connectivity index (χ4v) is 3.54. The molecule has 1 aliphatic rings. The summed E-state index contributed by atoms with van der Waals surface area (Å²) in [5.74, 6) is 0.113. The SMILES string of the molecule is CCNC(=O)CCNC1CCc2sc(Cl)cc21. The summed E-state index contributed by atoms with van der Waals surface area (Å²) >= 11 is 7.67. The molecule has 0 saturated heterocycles. The molecular formula is C12H17ClN2OS. The lowest BCUT2D eigenvalue weighted by molar-refractivity contribution is -0.120. The number of halogens is 1. The van der Waals surface area contributed by atoms with Gasteiger partial charge in [-0.3, -0.25) is 4.79 Å². The normalized spacial score (nSPS) is 18.1.